The van der Waals surface area contributed by atoms with Gasteiger partial charge in [-0.1, -0.05) is 24.8 Å². The number of nitrogens with zero attached hydrogens (tertiary/aromatic N) is 1. The summed E-state index contributed by atoms with van der Waals surface area (Å²) in [6.07, 6.45) is 0. The molecule has 1 aromatic carbocycles. The second-order valence-corrected chi connectivity index (χ2v) is 3.65. The van der Waals surface area contributed by atoms with Gasteiger partial charge in [-0.25, -0.2) is 0 Å². The molecule has 15 heavy (non-hydrogen) atoms. The first-order chi connectivity index (χ1) is 7.31. The van der Waals surface area contributed by atoms with Gasteiger partial charge in [-0.05, 0) is 17.2 Å². The average molecular weight is 204 g/mol. The van der Waals surface area contributed by atoms with Crippen LogP contribution in [0.1, 0.15) is 11.1 Å². The summed E-state index contributed by atoms with van der Waals surface area (Å²) in [6.45, 7) is 7.01. The van der Waals surface area contributed by atoms with E-state index in [1.807, 2.05) is 12.1 Å². The highest BCUT2D eigenvalue weighted by molar-refractivity contribution is 5.62. The maximum atomic E-state index is 5.60. The van der Waals surface area contributed by atoms with Gasteiger partial charge in [0.1, 0.15) is 6.73 Å². The highest BCUT2D eigenvalue weighted by atomic mass is 16.5. The Morgan fingerprint density at radius 3 is 3.07 bits per heavy atom. The van der Waals surface area contributed by atoms with Gasteiger partial charge in [0, 0.05) is 18.8 Å². The summed E-state index contributed by atoms with van der Waals surface area (Å²) in [6, 6.07) is 8.18. The highest BCUT2D eigenvalue weighted by Crippen LogP contribution is 2.20. The van der Waals surface area contributed by atoms with E-state index in [-0.39, 0.29) is 0 Å². The minimum atomic E-state index is 0.567. The minimum Gasteiger partial charge on any atom is -0.359 e. The summed E-state index contributed by atoms with van der Waals surface area (Å²) in [5, 5.41) is 0. The molecule has 3 heteroatoms. The van der Waals surface area contributed by atoms with Crippen molar-refractivity contribution in [3.8, 4) is 0 Å². The molecule has 0 aromatic heterocycles. The predicted molar refractivity (Wildman–Crippen MR) is 60.9 cm³/mol. The van der Waals surface area contributed by atoms with Gasteiger partial charge in [0.25, 0.3) is 0 Å². The van der Waals surface area contributed by atoms with Crippen LogP contribution in [0.3, 0.4) is 0 Å². The third-order valence-electron chi connectivity index (χ3n) is 2.63. The van der Waals surface area contributed by atoms with E-state index >= 15 is 0 Å². The van der Waals surface area contributed by atoms with Crippen molar-refractivity contribution in [2.75, 3.05) is 19.9 Å². The molecular formula is C12H16N2O. The molecule has 1 aromatic rings. The van der Waals surface area contributed by atoms with Gasteiger partial charge >= 0.3 is 0 Å². The van der Waals surface area contributed by atoms with Crippen molar-refractivity contribution >= 4 is 5.70 Å². The molecule has 0 saturated carbocycles. The Morgan fingerprint density at radius 2 is 2.40 bits per heavy atom. The number of ether oxygens (including phenoxy) is 1. The van der Waals surface area contributed by atoms with Crippen molar-refractivity contribution in [2.45, 2.75) is 6.54 Å². The van der Waals surface area contributed by atoms with Crippen LogP contribution < -0.4 is 5.73 Å². The lowest BCUT2D eigenvalue weighted by molar-refractivity contribution is 0.165. The molecule has 0 unspecified atom stereocenters. The van der Waals surface area contributed by atoms with Crippen LogP contribution in [-0.4, -0.2) is 24.8 Å². The largest absolute Gasteiger partial charge is 0.359 e. The minimum absolute atomic E-state index is 0.567. The van der Waals surface area contributed by atoms with Crippen LogP contribution in [0.5, 0.6) is 0 Å². The number of hydrogen-bond acceptors (Lipinski definition) is 3. The van der Waals surface area contributed by atoms with Crippen molar-refractivity contribution in [3.05, 3.63) is 42.0 Å². The first kappa shape index (κ1) is 10.2. The topological polar surface area (TPSA) is 38.5 Å². The quantitative estimate of drug-likeness (QED) is 0.809. The molecule has 0 atom stereocenters. The summed E-state index contributed by atoms with van der Waals surface area (Å²) in [5.74, 6) is 0. The third-order valence-corrected chi connectivity index (χ3v) is 2.63. The molecule has 0 aliphatic carbocycles. The Kier molecular flexibility index (Phi) is 3.04. The molecule has 1 heterocycles. The molecule has 0 radical (unpaired) electrons. The Morgan fingerprint density at radius 1 is 1.53 bits per heavy atom. The zero-order chi connectivity index (χ0) is 10.7. The number of hydrogen-bond donors (Lipinski definition) is 1. The SMILES string of the molecule is C=C(c1cccc(CN)c1)N1CCOC1. The molecule has 2 rings (SSSR count). The van der Waals surface area contributed by atoms with E-state index in [1.54, 1.807) is 0 Å². The molecule has 2 N–H and O–H groups in total. The first-order valence-corrected chi connectivity index (χ1v) is 5.12. The average Bonchev–Trinajstić information content (AvgIpc) is 2.81. The lowest BCUT2D eigenvalue weighted by Crippen LogP contribution is -2.17. The van der Waals surface area contributed by atoms with Gasteiger partial charge in [-0.3, -0.25) is 0 Å². The molecular weight excluding hydrogens is 188 g/mol. The van der Waals surface area contributed by atoms with Crippen molar-refractivity contribution < 1.29 is 4.74 Å². The van der Waals surface area contributed by atoms with Gasteiger partial charge in [0.05, 0.1) is 6.61 Å². The molecule has 3 nitrogen and oxygen atoms in total. The lowest BCUT2D eigenvalue weighted by Gasteiger charge is -2.19. The molecule has 0 bridgehead atoms. The van der Waals surface area contributed by atoms with Crippen LogP contribution >= 0.6 is 0 Å². The summed E-state index contributed by atoms with van der Waals surface area (Å²) in [7, 11) is 0. The standard InChI is InChI=1S/C12H16N2O/c1-10(14-5-6-15-9-14)12-4-2-3-11(7-12)8-13/h2-4,7H,1,5-6,8-9,13H2. The normalized spacial score (nSPS) is 15.7. The first-order valence-electron chi connectivity index (χ1n) is 5.12. The van der Waals surface area contributed by atoms with Crippen LogP contribution in [0.15, 0.2) is 30.8 Å². The number of nitrogens with two attached hydrogens (primary N) is 1. The highest BCUT2D eigenvalue weighted by Gasteiger charge is 2.14. The molecule has 0 spiro atoms. The van der Waals surface area contributed by atoms with E-state index in [2.05, 4.69) is 23.6 Å². The van der Waals surface area contributed by atoms with E-state index in [1.165, 1.54) is 0 Å². The fourth-order valence-corrected chi connectivity index (χ4v) is 1.69. The summed E-state index contributed by atoms with van der Waals surface area (Å²) < 4.78 is 5.30. The second kappa shape index (κ2) is 4.47. The van der Waals surface area contributed by atoms with Gasteiger partial charge < -0.3 is 15.4 Å². The third kappa shape index (κ3) is 2.19. The van der Waals surface area contributed by atoms with E-state index in [4.69, 9.17) is 10.5 Å². The van der Waals surface area contributed by atoms with Crippen molar-refractivity contribution in [1.29, 1.82) is 0 Å². The van der Waals surface area contributed by atoms with Crippen LogP contribution in [0.25, 0.3) is 5.70 Å². The van der Waals surface area contributed by atoms with Gasteiger partial charge in [-0.15, -0.1) is 0 Å². The Hall–Kier alpha value is -1.32. The second-order valence-electron chi connectivity index (χ2n) is 3.65. The summed E-state index contributed by atoms with van der Waals surface area (Å²) in [5.41, 5.74) is 8.88. The molecule has 0 amide bonds. The number of benzene rings is 1. The zero-order valence-electron chi connectivity index (χ0n) is 8.78. The summed E-state index contributed by atoms with van der Waals surface area (Å²) in [4.78, 5) is 2.13. The van der Waals surface area contributed by atoms with Crippen LogP contribution in [0.2, 0.25) is 0 Å². The maximum absolute atomic E-state index is 5.60. The van der Waals surface area contributed by atoms with Gasteiger partial charge in [0.15, 0.2) is 0 Å². The number of rotatable bonds is 3. The molecule has 80 valence electrons. The van der Waals surface area contributed by atoms with Crippen molar-refractivity contribution in [1.82, 2.24) is 4.90 Å². The van der Waals surface area contributed by atoms with Gasteiger partial charge in [-0.2, -0.15) is 0 Å². The lowest BCUT2D eigenvalue weighted by atomic mass is 10.1. The van der Waals surface area contributed by atoms with Crippen LogP contribution in [0, 0.1) is 0 Å². The smallest absolute Gasteiger partial charge is 0.119 e. The van der Waals surface area contributed by atoms with Gasteiger partial charge in [0.2, 0.25) is 0 Å². The molecule has 1 aliphatic rings. The molecule has 1 saturated heterocycles. The molecule has 1 fully saturated rings. The fraction of sp³-hybridized carbons (Fsp3) is 0.333. The van der Waals surface area contributed by atoms with E-state index in [0.29, 0.717) is 13.3 Å². The maximum Gasteiger partial charge on any atom is 0.119 e. The van der Waals surface area contributed by atoms with Crippen LogP contribution in [-0.2, 0) is 11.3 Å². The van der Waals surface area contributed by atoms with E-state index < -0.39 is 0 Å². The van der Waals surface area contributed by atoms with Crippen LogP contribution in [0.4, 0.5) is 0 Å². The molecule has 1 aliphatic heterocycles. The fourth-order valence-electron chi connectivity index (χ4n) is 1.69. The Labute approximate surface area is 90.1 Å². The Bertz CT molecular complexity index is 356. The van der Waals surface area contributed by atoms with E-state index in [0.717, 1.165) is 30.0 Å². The van der Waals surface area contributed by atoms with E-state index in [9.17, 15) is 0 Å². The Balaban J connectivity index is 2.17. The zero-order valence-corrected chi connectivity index (χ0v) is 8.78. The van der Waals surface area contributed by atoms with Crippen molar-refractivity contribution in [2.24, 2.45) is 5.73 Å². The van der Waals surface area contributed by atoms with Crippen molar-refractivity contribution in [3.63, 3.8) is 0 Å². The summed E-state index contributed by atoms with van der Waals surface area (Å²) >= 11 is 0. The predicted octanol–water partition coefficient (Wildman–Crippen LogP) is 1.41. The monoisotopic (exact) mass is 204 g/mol.